The Morgan fingerprint density at radius 2 is 2.14 bits per heavy atom. The molecule has 1 aromatic rings. The summed E-state index contributed by atoms with van der Waals surface area (Å²) in [6.07, 6.45) is 0.373. The van der Waals surface area contributed by atoms with Crippen LogP contribution in [0.1, 0.15) is 23.1 Å². The van der Waals surface area contributed by atoms with Gasteiger partial charge in [0.1, 0.15) is 6.54 Å². The normalized spacial score (nSPS) is 12.0. The second-order valence-corrected chi connectivity index (χ2v) is 4.50. The first-order chi connectivity index (χ1) is 10.0. The Bertz CT molecular complexity index is 488. The number of nitrogens with one attached hydrogen (secondary N) is 1. The second-order valence-electron chi connectivity index (χ2n) is 4.50. The van der Waals surface area contributed by atoms with Gasteiger partial charge in [-0.25, -0.2) is 9.48 Å². The van der Waals surface area contributed by atoms with Crippen LogP contribution in [-0.4, -0.2) is 60.3 Å². The number of methoxy groups -OCH3 is 2. The summed E-state index contributed by atoms with van der Waals surface area (Å²) in [5.41, 5.74) is 6.08. The molecule has 9 nitrogen and oxygen atoms in total. The Morgan fingerprint density at radius 1 is 1.43 bits per heavy atom. The summed E-state index contributed by atoms with van der Waals surface area (Å²) in [5.74, 6) is -0.850. The van der Waals surface area contributed by atoms with Crippen LogP contribution in [0.2, 0.25) is 0 Å². The van der Waals surface area contributed by atoms with E-state index in [1.807, 2.05) is 6.92 Å². The van der Waals surface area contributed by atoms with Crippen molar-refractivity contribution < 1.29 is 19.1 Å². The number of esters is 1. The molecule has 0 aromatic carbocycles. The third kappa shape index (κ3) is 4.80. The summed E-state index contributed by atoms with van der Waals surface area (Å²) < 4.78 is 10.9. The Morgan fingerprint density at radius 3 is 2.71 bits per heavy atom. The molecular weight excluding hydrogens is 278 g/mol. The summed E-state index contributed by atoms with van der Waals surface area (Å²) in [5, 5.41) is 10.3. The number of hydrogen-bond donors (Lipinski definition) is 2. The minimum atomic E-state index is -0.599. The van der Waals surface area contributed by atoms with E-state index in [1.54, 1.807) is 7.11 Å². The van der Waals surface area contributed by atoms with Crippen molar-refractivity contribution in [3.8, 4) is 0 Å². The molecule has 1 rings (SSSR count). The SMILES string of the molecule is COCC(C)NC(=O)Cn1nnc(C(=O)OC)c1CCN. The number of ether oxygens (including phenoxy) is 2. The van der Waals surface area contributed by atoms with Crippen molar-refractivity contribution in [3.05, 3.63) is 11.4 Å². The highest BCUT2D eigenvalue weighted by molar-refractivity contribution is 5.88. The summed E-state index contributed by atoms with van der Waals surface area (Å²) in [7, 11) is 2.81. The summed E-state index contributed by atoms with van der Waals surface area (Å²) in [4.78, 5) is 23.5. The maximum atomic E-state index is 11.9. The predicted octanol–water partition coefficient (Wildman–Crippen LogP) is -1.28. The van der Waals surface area contributed by atoms with Crippen LogP contribution in [0.25, 0.3) is 0 Å². The molecule has 1 aromatic heterocycles. The molecular formula is C12H21N5O4. The van der Waals surface area contributed by atoms with Crippen molar-refractivity contribution >= 4 is 11.9 Å². The molecule has 3 N–H and O–H groups in total. The zero-order valence-electron chi connectivity index (χ0n) is 12.5. The van der Waals surface area contributed by atoms with Crippen LogP contribution in [0.5, 0.6) is 0 Å². The quantitative estimate of drug-likeness (QED) is 0.573. The van der Waals surface area contributed by atoms with Gasteiger partial charge in [-0.05, 0) is 13.5 Å². The van der Waals surface area contributed by atoms with Gasteiger partial charge in [0, 0.05) is 19.6 Å². The fourth-order valence-electron chi connectivity index (χ4n) is 1.85. The third-order valence-electron chi connectivity index (χ3n) is 2.71. The largest absolute Gasteiger partial charge is 0.464 e. The van der Waals surface area contributed by atoms with Crippen LogP contribution in [0, 0.1) is 0 Å². The molecule has 0 aliphatic carbocycles. The van der Waals surface area contributed by atoms with E-state index in [0.717, 1.165) is 0 Å². The van der Waals surface area contributed by atoms with Crippen LogP contribution in [0.15, 0.2) is 0 Å². The molecule has 0 aliphatic heterocycles. The van der Waals surface area contributed by atoms with Gasteiger partial charge >= 0.3 is 5.97 Å². The van der Waals surface area contributed by atoms with Gasteiger partial charge in [-0.1, -0.05) is 5.21 Å². The van der Waals surface area contributed by atoms with Crippen molar-refractivity contribution in [2.45, 2.75) is 25.9 Å². The van der Waals surface area contributed by atoms with Gasteiger partial charge in [0.2, 0.25) is 5.91 Å². The van der Waals surface area contributed by atoms with Crippen LogP contribution in [0.4, 0.5) is 0 Å². The first-order valence-electron chi connectivity index (χ1n) is 6.52. The van der Waals surface area contributed by atoms with Gasteiger partial charge in [0.25, 0.3) is 0 Å². The van der Waals surface area contributed by atoms with Gasteiger partial charge in [-0.15, -0.1) is 5.10 Å². The second kappa shape index (κ2) is 8.32. The van der Waals surface area contributed by atoms with E-state index in [0.29, 0.717) is 25.3 Å². The average molecular weight is 299 g/mol. The molecule has 1 unspecified atom stereocenters. The van der Waals surface area contributed by atoms with Gasteiger partial charge in [0.05, 0.1) is 19.4 Å². The molecule has 1 heterocycles. The zero-order chi connectivity index (χ0) is 15.8. The predicted molar refractivity (Wildman–Crippen MR) is 73.6 cm³/mol. The summed E-state index contributed by atoms with van der Waals surface area (Å²) in [6.45, 7) is 2.49. The van der Waals surface area contributed by atoms with Crippen molar-refractivity contribution in [1.29, 1.82) is 0 Å². The molecule has 1 atom stereocenters. The lowest BCUT2D eigenvalue weighted by atomic mass is 10.2. The topological polar surface area (TPSA) is 121 Å². The molecule has 0 bridgehead atoms. The molecule has 0 saturated heterocycles. The fourth-order valence-corrected chi connectivity index (χ4v) is 1.85. The highest BCUT2D eigenvalue weighted by Crippen LogP contribution is 2.07. The van der Waals surface area contributed by atoms with E-state index < -0.39 is 5.97 Å². The fraction of sp³-hybridized carbons (Fsp3) is 0.667. The van der Waals surface area contributed by atoms with Crippen LogP contribution >= 0.6 is 0 Å². The van der Waals surface area contributed by atoms with Crippen molar-refractivity contribution in [3.63, 3.8) is 0 Å². The highest BCUT2D eigenvalue weighted by atomic mass is 16.5. The van der Waals surface area contributed by atoms with Crippen LogP contribution < -0.4 is 11.1 Å². The molecule has 0 saturated carbocycles. The molecule has 118 valence electrons. The lowest BCUT2D eigenvalue weighted by Crippen LogP contribution is -2.38. The van der Waals surface area contributed by atoms with Gasteiger partial charge in [0.15, 0.2) is 5.69 Å². The molecule has 21 heavy (non-hydrogen) atoms. The van der Waals surface area contributed by atoms with E-state index >= 15 is 0 Å². The monoisotopic (exact) mass is 299 g/mol. The number of carbonyl (C=O) groups excluding carboxylic acids is 2. The van der Waals surface area contributed by atoms with E-state index in [-0.39, 0.29) is 24.2 Å². The minimum Gasteiger partial charge on any atom is -0.464 e. The van der Waals surface area contributed by atoms with Gasteiger partial charge < -0.3 is 20.5 Å². The Kier molecular flexibility index (Phi) is 6.76. The minimum absolute atomic E-state index is 0.0482. The van der Waals surface area contributed by atoms with E-state index in [2.05, 4.69) is 20.4 Å². The smallest absolute Gasteiger partial charge is 0.360 e. The van der Waals surface area contributed by atoms with Crippen molar-refractivity contribution in [2.24, 2.45) is 5.73 Å². The number of amides is 1. The number of hydrogen-bond acceptors (Lipinski definition) is 7. The van der Waals surface area contributed by atoms with E-state index in [9.17, 15) is 9.59 Å². The Balaban J connectivity index is 2.80. The summed E-state index contributed by atoms with van der Waals surface area (Å²) >= 11 is 0. The standard InChI is InChI=1S/C12H21N5O4/c1-8(7-20-2)14-10(18)6-17-9(4-5-13)11(15-16-17)12(19)21-3/h8H,4-7,13H2,1-3H3,(H,14,18). The van der Waals surface area contributed by atoms with Crippen LogP contribution in [-0.2, 0) is 27.2 Å². The molecule has 9 heteroatoms. The van der Waals surface area contributed by atoms with Crippen molar-refractivity contribution in [2.75, 3.05) is 27.4 Å². The maximum Gasteiger partial charge on any atom is 0.360 e. The molecule has 1 amide bonds. The number of aromatic nitrogens is 3. The van der Waals surface area contributed by atoms with E-state index in [4.69, 9.17) is 10.5 Å². The van der Waals surface area contributed by atoms with Crippen LogP contribution in [0.3, 0.4) is 0 Å². The average Bonchev–Trinajstić information content (AvgIpc) is 2.81. The zero-order valence-corrected chi connectivity index (χ0v) is 12.5. The lowest BCUT2D eigenvalue weighted by molar-refractivity contribution is -0.122. The lowest BCUT2D eigenvalue weighted by Gasteiger charge is -2.13. The van der Waals surface area contributed by atoms with Gasteiger partial charge in [-0.2, -0.15) is 0 Å². The Hall–Kier alpha value is -2.00. The first kappa shape index (κ1) is 17.1. The number of rotatable bonds is 8. The van der Waals surface area contributed by atoms with Gasteiger partial charge in [-0.3, -0.25) is 4.79 Å². The molecule has 0 radical (unpaired) electrons. The first-order valence-corrected chi connectivity index (χ1v) is 6.52. The molecule has 0 spiro atoms. The number of carbonyl (C=O) groups is 2. The Labute approximate surface area is 122 Å². The molecule has 0 aliphatic rings. The van der Waals surface area contributed by atoms with Crippen molar-refractivity contribution in [1.82, 2.24) is 20.3 Å². The maximum absolute atomic E-state index is 11.9. The summed E-state index contributed by atoms with van der Waals surface area (Å²) in [6, 6.07) is -0.121. The number of nitrogens with zero attached hydrogens (tertiary/aromatic N) is 3. The molecule has 0 fully saturated rings. The van der Waals surface area contributed by atoms with E-state index in [1.165, 1.54) is 11.8 Å². The third-order valence-corrected chi connectivity index (χ3v) is 2.71. The highest BCUT2D eigenvalue weighted by Gasteiger charge is 2.21. The number of nitrogens with two attached hydrogens (primary N) is 1.